The molecule has 0 saturated heterocycles. The Balaban J connectivity index is 2.33. The van der Waals surface area contributed by atoms with E-state index in [1.807, 2.05) is 0 Å². The van der Waals surface area contributed by atoms with Gasteiger partial charge in [0, 0.05) is 0 Å². The molecule has 0 fully saturated rings. The number of aliphatic carboxylic acids is 2. The number of esters is 2. The second-order valence-corrected chi connectivity index (χ2v) is 7.30. The highest BCUT2D eigenvalue weighted by atomic mass is 16.6. The summed E-state index contributed by atoms with van der Waals surface area (Å²) < 4.78 is 5.21. The van der Waals surface area contributed by atoms with Crippen LogP contribution in [0.1, 0.15) is 52.4 Å². The fourth-order valence-electron chi connectivity index (χ4n) is 4.27. The molecule has 148 valence electrons. The molecule has 27 heavy (non-hydrogen) atoms. The van der Waals surface area contributed by atoms with Crippen LogP contribution in [-0.4, -0.2) is 34.1 Å². The lowest BCUT2D eigenvalue weighted by atomic mass is 9.66. The van der Waals surface area contributed by atoms with Crippen LogP contribution in [0.2, 0.25) is 0 Å². The highest BCUT2D eigenvalue weighted by molar-refractivity contribution is 5.96. The third-order valence-corrected chi connectivity index (χ3v) is 6.23. The topological polar surface area (TPSA) is 118 Å². The molecule has 2 rings (SSSR count). The average Bonchev–Trinajstić information content (AvgIpc) is 2.67. The van der Waals surface area contributed by atoms with Gasteiger partial charge in [-0.25, -0.2) is 0 Å². The summed E-state index contributed by atoms with van der Waals surface area (Å²) >= 11 is 0. The van der Waals surface area contributed by atoms with E-state index < -0.39 is 46.5 Å². The first-order valence-electron chi connectivity index (χ1n) is 9.27. The lowest BCUT2D eigenvalue weighted by Gasteiger charge is -2.39. The predicted octanol–water partition coefficient (Wildman–Crippen LogP) is 2.95. The average molecular weight is 378 g/mol. The molecule has 2 aliphatic carbocycles. The van der Waals surface area contributed by atoms with Crippen LogP contribution >= 0.6 is 0 Å². The summed E-state index contributed by atoms with van der Waals surface area (Å²) in [5.74, 6) is -5.94. The van der Waals surface area contributed by atoms with Gasteiger partial charge in [-0.15, -0.1) is 0 Å². The van der Waals surface area contributed by atoms with Crippen molar-refractivity contribution in [1.82, 2.24) is 0 Å². The number of allylic oxidation sites excluding steroid dienone is 4. The number of hydrogen-bond acceptors (Lipinski definition) is 5. The molecule has 0 aromatic rings. The molecule has 0 radical (unpaired) electrons. The number of rotatable bonds is 6. The third-order valence-electron chi connectivity index (χ3n) is 6.23. The van der Waals surface area contributed by atoms with Crippen molar-refractivity contribution in [2.75, 3.05) is 0 Å². The smallest absolute Gasteiger partial charge is 0.320 e. The summed E-state index contributed by atoms with van der Waals surface area (Å²) in [4.78, 5) is 49.2. The van der Waals surface area contributed by atoms with Crippen molar-refractivity contribution in [3.8, 4) is 0 Å². The Morgan fingerprint density at radius 1 is 0.815 bits per heavy atom. The van der Waals surface area contributed by atoms with Gasteiger partial charge in [0.2, 0.25) is 0 Å². The number of carbonyl (C=O) groups excluding carboxylic acids is 2. The van der Waals surface area contributed by atoms with Gasteiger partial charge in [0.25, 0.3) is 0 Å². The van der Waals surface area contributed by atoms with Gasteiger partial charge in [-0.2, -0.15) is 0 Å². The van der Waals surface area contributed by atoms with Crippen molar-refractivity contribution in [3.05, 3.63) is 24.3 Å². The zero-order valence-corrected chi connectivity index (χ0v) is 15.6. The van der Waals surface area contributed by atoms with E-state index in [0.717, 1.165) is 0 Å². The van der Waals surface area contributed by atoms with Crippen LogP contribution in [0.3, 0.4) is 0 Å². The Hall–Kier alpha value is -2.44. The first kappa shape index (κ1) is 20.9. The minimum Gasteiger partial charge on any atom is -0.481 e. The fourth-order valence-corrected chi connectivity index (χ4v) is 4.27. The van der Waals surface area contributed by atoms with E-state index in [-0.39, 0.29) is 38.5 Å². The summed E-state index contributed by atoms with van der Waals surface area (Å²) in [5.41, 5.74) is -2.65. The fraction of sp³-hybridized carbons (Fsp3) is 0.600. The minimum absolute atomic E-state index is 0.175. The summed E-state index contributed by atoms with van der Waals surface area (Å²) in [6.07, 6.45) is 8.02. The standard InChI is InChI=1S/C20H26O7/c1-3-19(11-7-5-9-13(19)15(21)22)17(25)27-18(26)20(4-2)12-8-6-10-14(20)16(23)24/h5-8,13-14H,3-4,9-12H2,1-2H3,(H,21,22)(H,23,24). The van der Waals surface area contributed by atoms with Gasteiger partial charge in [0.15, 0.2) is 0 Å². The molecule has 7 heteroatoms. The molecule has 0 aliphatic heterocycles. The Labute approximate surface area is 158 Å². The van der Waals surface area contributed by atoms with Gasteiger partial charge < -0.3 is 14.9 Å². The van der Waals surface area contributed by atoms with E-state index in [2.05, 4.69) is 0 Å². The Morgan fingerprint density at radius 3 is 1.48 bits per heavy atom. The van der Waals surface area contributed by atoms with E-state index >= 15 is 0 Å². The van der Waals surface area contributed by atoms with Crippen LogP contribution in [0, 0.1) is 22.7 Å². The van der Waals surface area contributed by atoms with Crippen molar-refractivity contribution < 1.29 is 34.1 Å². The van der Waals surface area contributed by atoms with E-state index in [9.17, 15) is 29.4 Å². The van der Waals surface area contributed by atoms with Crippen molar-refractivity contribution in [1.29, 1.82) is 0 Å². The van der Waals surface area contributed by atoms with Crippen LogP contribution in [0.15, 0.2) is 24.3 Å². The van der Waals surface area contributed by atoms with Crippen molar-refractivity contribution >= 4 is 23.9 Å². The van der Waals surface area contributed by atoms with E-state index in [0.29, 0.717) is 0 Å². The number of carbonyl (C=O) groups is 4. The molecule has 7 nitrogen and oxygen atoms in total. The maximum atomic E-state index is 12.9. The molecule has 2 aliphatic rings. The van der Waals surface area contributed by atoms with Crippen molar-refractivity contribution in [2.45, 2.75) is 52.4 Å². The van der Waals surface area contributed by atoms with E-state index in [1.165, 1.54) is 0 Å². The summed E-state index contributed by atoms with van der Waals surface area (Å²) in [6.45, 7) is 3.39. The lowest BCUT2D eigenvalue weighted by molar-refractivity contribution is -0.184. The van der Waals surface area contributed by atoms with Crippen LogP contribution < -0.4 is 0 Å². The Morgan fingerprint density at radius 2 is 1.19 bits per heavy atom. The second kappa shape index (κ2) is 8.06. The summed E-state index contributed by atoms with van der Waals surface area (Å²) in [7, 11) is 0. The van der Waals surface area contributed by atoms with Gasteiger partial charge in [-0.1, -0.05) is 38.2 Å². The van der Waals surface area contributed by atoms with Gasteiger partial charge in [0.1, 0.15) is 0 Å². The molecule has 0 aromatic carbocycles. The molecule has 0 spiro atoms. The van der Waals surface area contributed by atoms with Crippen LogP contribution in [0.25, 0.3) is 0 Å². The van der Waals surface area contributed by atoms with Gasteiger partial charge in [-0.05, 0) is 38.5 Å². The molecule has 0 amide bonds. The molecule has 4 unspecified atom stereocenters. The molecule has 4 atom stereocenters. The van der Waals surface area contributed by atoms with Crippen molar-refractivity contribution in [3.63, 3.8) is 0 Å². The molecule has 2 N–H and O–H groups in total. The molecule has 0 aromatic heterocycles. The largest absolute Gasteiger partial charge is 0.481 e. The summed E-state index contributed by atoms with van der Waals surface area (Å²) in [5, 5.41) is 19.1. The van der Waals surface area contributed by atoms with Crippen LogP contribution in [0.5, 0.6) is 0 Å². The van der Waals surface area contributed by atoms with Crippen LogP contribution in [0.4, 0.5) is 0 Å². The second-order valence-electron chi connectivity index (χ2n) is 7.30. The monoisotopic (exact) mass is 378 g/mol. The Kier molecular flexibility index (Phi) is 6.23. The maximum Gasteiger partial charge on any atom is 0.320 e. The number of hydrogen-bond donors (Lipinski definition) is 2. The first-order valence-corrected chi connectivity index (χ1v) is 9.27. The molecular weight excluding hydrogens is 352 g/mol. The normalized spacial score (nSPS) is 32.7. The molecular formula is C20H26O7. The maximum absolute atomic E-state index is 12.9. The number of carboxylic acids is 2. The van der Waals surface area contributed by atoms with Gasteiger partial charge >= 0.3 is 23.9 Å². The first-order chi connectivity index (χ1) is 12.7. The number of ether oxygens (including phenoxy) is 1. The molecule has 0 saturated carbocycles. The van der Waals surface area contributed by atoms with Crippen LogP contribution in [-0.2, 0) is 23.9 Å². The third kappa shape index (κ3) is 3.55. The molecule has 0 heterocycles. The molecule has 0 bridgehead atoms. The van der Waals surface area contributed by atoms with Gasteiger partial charge in [-0.3, -0.25) is 19.2 Å². The predicted molar refractivity (Wildman–Crippen MR) is 95.5 cm³/mol. The van der Waals surface area contributed by atoms with E-state index in [4.69, 9.17) is 4.74 Å². The number of carboxylic acid groups (broad SMARTS) is 2. The minimum atomic E-state index is -1.32. The Bertz CT molecular complexity index is 634. The van der Waals surface area contributed by atoms with Crippen molar-refractivity contribution in [2.24, 2.45) is 22.7 Å². The lowest BCUT2D eigenvalue weighted by Crippen LogP contribution is -2.49. The zero-order valence-electron chi connectivity index (χ0n) is 15.6. The zero-order chi connectivity index (χ0) is 20.2. The highest BCUT2D eigenvalue weighted by Gasteiger charge is 2.54. The summed E-state index contributed by atoms with van der Waals surface area (Å²) in [6, 6.07) is 0. The van der Waals surface area contributed by atoms with Gasteiger partial charge in [0.05, 0.1) is 22.7 Å². The SMILES string of the molecule is CCC1(C(=O)OC(=O)C2(CC)CC=CCC2C(=O)O)CC=CCC1C(=O)O. The van der Waals surface area contributed by atoms with E-state index in [1.54, 1.807) is 38.2 Å². The highest BCUT2D eigenvalue weighted by Crippen LogP contribution is 2.46. The quantitative estimate of drug-likeness (QED) is 0.414.